The number of fused-ring (bicyclic) bond motifs is 1. The number of nitrogens with zero attached hydrogens (tertiary/aromatic N) is 3. The molecule has 0 saturated carbocycles. The minimum Gasteiger partial charge on any atom is -0.453 e. The third kappa shape index (κ3) is 2.36. The summed E-state index contributed by atoms with van der Waals surface area (Å²) in [6.07, 6.45) is 1.75. The summed E-state index contributed by atoms with van der Waals surface area (Å²) in [4.78, 5) is 44.1. The van der Waals surface area contributed by atoms with E-state index in [1.165, 1.54) is 23.9 Å². The van der Waals surface area contributed by atoms with Gasteiger partial charge in [0, 0.05) is 25.4 Å². The van der Waals surface area contributed by atoms with Crippen molar-refractivity contribution in [3.8, 4) is 0 Å². The fraction of sp³-hybridized carbons (Fsp3) is 0.429. The lowest BCUT2D eigenvalue weighted by Crippen LogP contribution is -2.31. The second-order valence-corrected chi connectivity index (χ2v) is 5.33. The molecule has 8 nitrogen and oxygen atoms in total. The summed E-state index contributed by atoms with van der Waals surface area (Å²) in [6, 6.07) is 1.19. The molecule has 2 aromatic heterocycles. The standard InChI is InChI=1S/C14H16N4O4/c1-8-15-11-5-12(19)18(7-10(11)13(20)16-8)9-3-4-17(6-9)14(21)22-2/h5,7,9H,3-4,6H2,1-2H3,(H,15,16,20)/t9-/m1/s1. The van der Waals surface area contributed by atoms with Crippen molar-refractivity contribution in [2.45, 2.75) is 19.4 Å². The van der Waals surface area contributed by atoms with Gasteiger partial charge in [0.25, 0.3) is 11.1 Å². The number of pyridine rings is 1. The fourth-order valence-corrected chi connectivity index (χ4v) is 2.79. The summed E-state index contributed by atoms with van der Waals surface area (Å²) in [5, 5.41) is 0.363. The number of methoxy groups -OCH3 is 1. The second kappa shape index (κ2) is 5.28. The Bertz CT molecular complexity index is 854. The molecule has 0 radical (unpaired) electrons. The second-order valence-electron chi connectivity index (χ2n) is 5.33. The Kier molecular flexibility index (Phi) is 3.44. The van der Waals surface area contributed by atoms with E-state index in [0.29, 0.717) is 36.2 Å². The zero-order valence-electron chi connectivity index (χ0n) is 12.3. The first-order valence-corrected chi connectivity index (χ1v) is 6.95. The van der Waals surface area contributed by atoms with Gasteiger partial charge in [0.1, 0.15) is 5.82 Å². The molecule has 0 unspecified atom stereocenters. The first kappa shape index (κ1) is 14.3. The van der Waals surface area contributed by atoms with Crippen molar-refractivity contribution < 1.29 is 9.53 Å². The van der Waals surface area contributed by atoms with Crippen LogP contribution in [0.2, 0.25) is 0 Å². The molecule has 1 aliphatic heterocycles. The summed E-state index contributed by atoms with van der Waals surface area (Å²) in [6.45, 7) is 2.57. The number of amides is 1. The van der Waals surface area contributed by atoms with E-state index in [-0.39, 0.29) is 17.2 Å². The maximum absolute atomic E-state index is 12.3. The Balaban J connectivity index is 2.02. The van der Waals surface area contributed by atoms with Gasteiger partial charge in [-0.25, -0.2) is 9.78 Å². The van der Waals surface area contributed by atoms with Gasteiger partial charge in [0.05, 0.1) is 24.1 Å². The molecule has 1 saturated heterocycles. The molecule has 3 rings (SSSR count). The van der Waals surface area contributed by atoms with Crippen LogP contribution in [0.5, 0.6) is 0 Å². The lowest BCUT2D eigenvalue weighted by Gasteiger charge is -2.16. The molecule has 1 N–H and O–H groups in total. The van der Waals surface area contributed by atoms with Gasteiger partial charge in [0.15, 0.2) is 0 Å². The van der Waals surface area contributed by atoms with Crippen LogP contribution in [0, 0.1) is 6.92 Å². The number of hydrogen-bond acceptors (Lipinski definition) is 5. The highest BCUT2D eigenvalue weighted by Crippen LogP contribution is 2.21. The van der Waals surface area contributed by atoms with E-state index >= 15 is 0 Å². The van der Waals surface area contributed by atoms with Crippen LogP contribution in [-0.2, 0) is 4.74 Å². The van der Waals surface area contributed by atoms with Crippen LogP contribution < -0.4 is 11.1 Å². The minimum atomic E-state index is -0.411. The van der Waals surface area contributed by atoms with Crippen molar-refractivity contribution >= 4 is 17.0 Å². The van der Waals surface area contributed by atoms with Gasteiger partial charge in [-0.15, -0.1) is 0 Å². The molecule has 22 heavy (non-hydrogen) atoms. The van der Waals surface area contributed by atoms with Crippen LogP contribution in [0.25, 0.3) is 10.9 Å². The molecule has 2 aromatic rings. The quantitative estimate of drug-likeness (QED) is 0.823. The summed E-state index contributed by atoms with van der Waals surface area (Å²) < 4.78 is 6.18. The minimum absolute atomic E-state index is 0.170. The highest BCUT2D eigenvalue weighted by atomic mass is 16.5. The van der Waals surface area contributed by atoms with E-state index in [2.05, 4.69) is 14.7 Å². The van der Waals surface area contributed by atoms with E-state index in [1.54, 1.807) is 11.8 Å². The Morgan fingerprint density at radius 3 is 2.95 bits per heavy atom. The average molecular weight is 304 g/mol. The van der Waals surface area contributed by atoms with Gasteiger partial charge < -0.3 is 19.2 Å². The van der Waals surface area contributed by atoms with Crippen LogP contribution in [0.4, 0.5) is 4.79 Å². The van der Waals surface area contributed by atoms with Gasteiger partial charge in [-0.05, 0) is 13.3 Å². The fourth-order valence-electron chi connectivity index (χ4n) is 2.79. The number of hydrogen-bond donors (Lipinski definition) is 1. The third-order valence-electron chi connectivity index (χ3n) is 3.88. The lowest BCUT2D eigenvalue weighted by atomic mass is 10.2. The zero-order chi connectivity index (χ0) is 15.9. The van der Waals surface area contributed by atoms with Crippen LogP contribution in [0.15, 0.2) is 21.9 Å². The number of likely N-dealkylation sites (tertiary alicyclic amines) is 1. The van der Waals surface area contributed by atoms with Crippen LogP contribution in [-0.4, -0.2) is 45.7 Å². The number of aromatic nitrogens is 3. The Morgan fingerprint density at radius 2 is 2.23 bits per heavy atom. The third-order valence-corrected chi connectivity index (χ3v) is 3.88. The van der Waals surface area contributed by atoms with E-state index < -0.39 is 6.09 Å². The van der Waals surface area contributed by atoms with Crippen molar-refractivity contribution in [1.82, 2.24) is 19.4 Å². The molecule has 0 aliphatic carbocycles. The van der Waals surface area contributed by atoms with E-state index in [9.17, 15) is 14.4 Å². The Morgan fingerprint density at radius 1 is 1.45 bits per heavy atom. The molecule has 1 fully saturated rings. The number of carbonyl (C=O) groups is 1. The lowest BCUT2D eigenvalue weighted by molar-refractivity contribution is 0.131. The van der Waals surface area contributed by atoms with Gasteiger partial charge in [-0.1, -0.05) is 0 Å². The van der Waals surface area contributed by atoms with E-state index in [0.717, 1.165) is 0 Å². The molecule has 0 bridgehead atoms. The van der Waals surface area contributed by atoms with Gasteiger partial charge in [0.2, 0.25) is 0 Å². The summed E-state index contributed by atoms with van der Waals surface area (Å²) in [5.74, 6) is 0.465. The summed E-state index contributed by atoms with van der Waals surface area (Å²) in [7, 11) is 1.32. The number of carbonyl (C=O) groups excluding carboxylic acids is 1. The van der Waals surface area contributed by atoms with Crippen molar-refractivity contribution in [2.24, 2.45) is 0 Å². The van der Waals surface area contributed by atoms with Gasteiger partial charge in [-0.2, -0.15) is 0 Å². The van der Waals surface area contributed by atoms with Crippen molar-refractivity contribution in [3.63, 3.8) is 0 Å². The molecular formula is C14H16N4O4. The van der Waals surface area contributed by atoms with Crippen LogP contribution in [0.3, 0.4) is 0 Å². The Labute approximate surface area is 125 Å². The SMILES string of the molecule is COC(=O)N1CC[C@@H](n2cc3c(=O)[nH]c(C)nc3cc2=O)C1. The summed E-state index contributed by atoms with van der Waals surface area (Å²) in [5.41, 5.74) is -0.133. The molecule has 0 aromatic carbocycles. The maximum atomic E-state index is 12.3. The largest absolute Gasteiger partial charge is 0.453 e. The molecule has 1 atom stereocenters. The first-order valence-electron chi connectivity index (χ1n) is 6.95. The summed E-state index contributed by atoms with van der Waals surface area (Å²) >= 11 is 0. The van der Waals surface area contributed by atoms with Crippen LogP contribution in [0.1, 0.15) is 18.3 Å². The first-order chi connectivity index (χ1) is 10.5. The number of rotatable bonds is 1. The van der Waals surface area contributed by atoms with Crippen molar-refractivity contribution in [3.05, 3.63) is 38.8 Å². The van der Waals surface area contributed by atoms with E-state index in [4.69, 9.17) is 0 Å². The topological polar surface area (TPSA) is 97.3 Å². The molecule has 1 amide bonds. The Hall–Kier alpha value is -2.64. The molecule has 116 valence electrons. The number of H-pyrrole nitrogens is 1. The number of aromatic amines is 1. The molecular weight excluding hydrogens is 288 g/mol. The van der Waals surface area contributed by atoms with Crippen LogP contribution >= 0.6 is 0 Å². The zero-order valence-corrected chi connectivity index (χ0v) is 12.3. The molecule has 1 aliphatic rings. The monoisotopic (exact) mass is 304 g/mol. The van der Waals surface area contributed by atoms with Gasteiger partial charge >= 0.3 is 6.09 Å². The molecule has 8 heteroatoms. The molecule has 3 heterocycles. The molecule has 0 spiro atoms. The highest BCUT2D eigenvalue weighted by molar-refractivity contribution is 5.76. The van der Waals surface area contributed by atoms with Crippen molar-refractivity contribution in [2.75, 3.05) is 20.2 Å². The number of aryl methyl sites for hydroxylation is 1. The smallest absolute Gasteiger partial charge is 0.409 e. The number of ether oxygens (including phenoxy) is 1. The number of nitrogens with one attached hydrogen (secondary N) is 1. The predicted molar refractivity (Wildman–Crippen MR) is 79.0 cm³/mol. The van der Waals surface area contributed by atoms with Gasteiger partial charge in [-0.3, -0.25) is 9.59 Å². The van der Waals surface area contributed by atoms with Crippen molar-refractivity contribution in [1.29, 1.82) is 0 Å². The normalized spacial score (nSPS) is 17.9. The predicted octanol–water partition coefficient (Wildman–Crippen LogP) is 0.406. The average Bonchev–Trinajstić information content (AvgIpc) is 2.95. The van der Waals surface area contributed by atoms with E-state index in [1.807, 2.05) is 0 Å². The highest BCUT2D eigenvalue weighted by Gasteiger charge is 2.28. The maximum Gasteiger partial charge on any atom is 0.409 e.